The predicted octanol–water partition coefficient (Wildman–Crippen LogP) is 2.54. The second-order valence-electron chi connectivity index (χ2n) is 26.7. The van der Waals surface area contributed by atoms with E-state index in [1.165, 1.54) is 22.2 Å². The van der Waals surface area contributed by atoms with Crippen molar-refractivity contribution >= 4 is 45.3 Å². The maximum atomic E-state index is 16.5. The molecule has 1 unspecified atom stereocenters. The summed E-state index contributed by atoms with van der Waals surface area (Å²) >= 11 is 3.37. The van der Waals surface area contributed by atoms with Crippen molar-refractivity contribution in [3.8, 4) is 0 Å². The Hall–Kier alpha value is -0.377. The maximum Gasteiger partial charge on any atom is 1.00 e. The van der Waals surface area contributed by atoms with Gasteiger partial charge in [-0.05, 0) is 200 Å². The zero-order valence-corrected chi connectivity index (χ0v) is 57.3. The van der Waals surface area contributed by atoms with E-state index in [4.69, 9.17) is 4.74 Å². The minimum absolute atomic E-state index is 0. The first-order chi connectivity index (χ1) is 36.7. The first kappa shape index (κ1) is 68.7. The summed E-state index contributed by atoms with van der Waals surface area (Å²) in [6.45, 7) is 9.07. The summed E-state index contributed by atoms with van der Waals surface area (Å²) in [6.07, 6.45) is 22.0. The van der Waals surface area contributed by atoms with E-state index in [1.54, 1.807) is 45.3 Å². The Balaban J connectivity index is 0.000000223. The van der Waals surface area contributed by atoms with Gasteiger partial charge in [0, 0.05) is 59.0 Å². The number of Topliss-reactive ketones (excluding diaryl/α,β-unsaturated/α-hetero) is 2. The minimum atomic E-state index is -1.15. The second kappa shape index (κ2) is 27.8. The standard InChI is InChI=1S/C27H40FN3O3.C21H32BrFO2.C6H9N3O.C5H8O4.2K.H/c1-25(34)11-12-27(28)18(13-25)5-6-19-20-7-8-22(26(20,2)10-9-21(19)27)23(32)16-31-15-17(14-29-31)24(33)30(3)4;1-19(25)9-10-21(23)13(11-19)3-4-14-15-5-6-17(18(24)12-22)20(15,2)8-7-16(14)21;1-9(2)6(10)5-3-7-8-4-5;6-5(9-7)4-2-1-3-8-4;;;/h14-15,18-22,34H,5-13,16H2,1-4H3;13-17,25H,3-12H2,1-2H3;3-4H,1-2H3,(H,7,8);4,7H,1-3H2;;;/q;;;;2*+1;-1/p-1/t18-,19+,20+,21+,22-,25-,26+,27-;13-,14+,15+,16+,17-,19-,20+,21-;;;;;/m11...../s1. The summed E-state index contributed by atoms with van der Waals surface area (Å²) in [4.78, 5) is 65.7. The number of nitrogens with one attached hydrogen (secondary N) is 1. The Morgan fingerprint density at radius 1 is 0.713 bits per heavy atom. The molecule has 438 valence electrons. The number of hydrogen-bond donors (Lipinski definition) is 3. The second-order valence-corrected chi connectivity index (χ2v) is 27.3. The molecule has 80 heavy (non-hydrogen) atoms. The van der Waals surface area contributed by atoms with E-state index in [0.717, 1.165) is 83.5 Å². The van der Waals surface area contributed by atoms with Crippen LogP contribution in [0.15, 0.2) is 24.8 Å². The van der Waals surface area contributed by atoms with Gasteiger partial charge < -0.3 is 36.3 Å². The van der Waals surface area contributed by atoms with Crippen molar-refractivity contribution in [3.05, 3.63) is 35.9 Å². The zero-order chi connectivity index (χ0) is 56.8. The summed E-state index contributed by atoms with van der Waals surface area (Å²) in [5, 5.41) is 41.4. The quantitative estimate of drug-likeness (QED) is 0.150. The number of aromatic amines is 1. The van der Waals surface area contributed by atoms with Crippen molar-refractivity contribution in [3.63, 3.8) is 0 Å². The number of rotatable bonds is 8. The van der Waals surface area contributed by atoms with Gasteiger partial charge in [-0.25, -0.2) is 13.6 Å². The fourth-order valence-corrected chi connectivity index (χ4v) is 18.0. The molecule has 9 aliphatic rings. The van der Waals surface area contributed by atoms with Gasteiger partial charge in [0.2, 0.25) is 0 Å². The van der Waals surface area contributed by atoms with E-state index < -0.39 is 34.6 Å². The molecule has 3 N–H and O–H groups in total. The van der Waals surface area contributed by atoms with Crippen molar-refractivity contribution in [2.75, 3.05) is 40.1 Å². The number of ether oxygens (including phenoxy) is 1. The molecule has 1 saturated heterocycles. The number of H-pyrrole nitrogens is 1. The number of carbonyl (C=O) groups excluding carboxylic acids is 5. The van der Waals surface area contributed by atoms with Gasteiger partial charge >= 0.3 is 109 Å². The van der Waals surface area contributed by atoms with Crippen LogP contribution in [-0.2, 0) is 30.6 Å². The van der Waals surface area contributed by atoms with Crippen molar-refractivity contribution in [1.29, 1.82) is 0 Å². The van der Waals surface area contributed by atoms with E-state index in [2.05, 4.69) is 50.0 Å². The number of aliphatic hydroxyl groups is 2. The predicted molar refractivity (Wildman–Crippen MR) is 290 cm³/mol. The normalized spacial score (nSPS) is 39.9. The number of alkyl halides is 3. The molecule has 1 aliphatic heterocycles. The number of halogens is 3. The average Bonchev–Trinajstić information content (AvgIpc) is 4.35. The fourth-order valence-electron chi connectivity index (χ4n) is 17.6. The Bertz CT molecular complexity index is 2470. The van der Waals surface area contributed by atoms with Crippen LogP contribution in [0.25, 0.3) is 0 Å². The van der Waals surface area contributed by atoms with Gasteiger partial charge in [-0.15, -0.1) is 0 Å². The smallest absolute Gasteiger partial charge is 1.00 e. The molecule has 9 fully saturated rings. The molecule has 8 aliphatic carbocycles. The Labute approximate surface area is 567 Å². The van der Waals surface area contributed by atoms with Crippen LogP contribution in [0.1, 0.15) is 178 Å². The molecular formula is C59H89BrF2K2N6O10. The van der Waals surface area contributed by atoms with Crippen molar-refractivity contribution < 1.29 is 162 Å². The first-order valence-corrected chi connectivity index (χ1v) is 30.2. The van der Waals surface area contributed by atoms with E-state index in [9.17, 15) is 39.4 Å². The van der Waals surface area contributed by atoms with Crippen molar-refractivity contribution in [1.82, 2.24) is 29.8 Å². The molecular weight excluding hydrogens is 1150 g/mol. The Morgan fingerprint density at radius 3 is 1.65 bits per heavy atom. The van der Waals surface area contributed by atoms with Gasteiger partial charge in [0.15, 0.2) is 11.9 Å². The van der Waals surface area contributed by atoms with Crippen molar-refractivity contribution in [2.24, 2.45) is 70.0 Å². The van der Waals surface area contributed by atoms with Crippen LogP contribution in [0.2, 0.25) is 0 Å². The number of carbonyl (C=O) groups is 5. The maximum absolute atomic E-state index is 16.5. The minimum Gasteiger partial charge on any atom is -1.00 e. The molecule has 0 aromatic carbocycles. The van der Waals surface area contributed by atoms with Gasteiger partial charge in [0.1, 0.15) is 17.1 Å². The van der Waals surface area contributed by atoms with E-state index >= 15 is 8.78 Å². The van der Waals surface area contributed by atoms with Gasteiger partial charge in [-0.2, -0.15) is 10.2 Å². The van der Waals surface area contributed by atoms with Crippen LogP contribution < -0.4 is 108 Å². The van der Waals surface area contributed by atoms with E-state index in [0.29, 0.717) is 97.5 Å². The third-order valence-electron chi connectivity index (χ3n) is 21.6. The summed E-state index contributed by atoms with van der Waals surface area (Å²) < 4.78 is 39.2. The van der Waals surface area contributed by atoms with Crippen LogP contribution in [0.3, 0.4) is 0 Å². The number of fused-ring (bicyclic) bond motifs is 10. The molecule has 0 radical (unpaired) electrons. The van der Waals surface area contributed by atoms with Crippen LogP contribution in [0, 0.1) is 70.0 Å². The Morgan fingerprint density at radius 2 is 1.21 bits per heavy atom. The number of aromatic nitrogens is 4. The van der Waals surface area contributed by atoms with Gasteiger partial charge in [-0.3, -0.25) is 29.0 Å². The molecule has 2 aromatic rings. The van der Waals surface area contributed by atoms with Gasteiger partial charge in [-0.1, -0.05) is 29.8 Å². The van der Waals surface area contributed by atoms with E-state index in [-0.39, 0.29) is 175 Å². The summed E-state index contributed by atoms with van der Waals surface area (Å²) in [5.41, 5.74) is -2.58. The number of amides is 2. The number of ketones is 2. The fraction of sp³-hybridized carbons (Fsp3) is 0.814. The molecule has 0 spiro atoms. The molecule has 0 bridgehead atoms. The molecule has 17 atom stereocenters. The molecule has 8 saturated carbocycles. The third-order valence-corrected chi connectivity index (χ3v) is 22.1. The number of hydrogen-bond acceptors (Lipinski definition) is 12. The van der Waals surface area contributed by atoms with Crippen molar-refractivity contribution in [2.45, 2.75) is 191 Å². The zero-order valence-electron chi connectivity index (χ0n) is 50.5. The molecule has 3 heterocycles. The molecule has 2 aromatic heterocycles. The first-order valence-electron chi connectivity index (χ1n) is 29.1. The van der Waals surface area contributed by atoms with Crippen LogP contribution in [-0.4, -0.2) is 138 Å². The monoisotopic (exact) mass is 1240 g/mol. The Kier molecular flexibility index (Phi) is 23.9. The van der Waals surface area contributed by atoms with Crippen LogP contribution in [0.4, 0.5) is 8.78 Å². The molecule has 2 amide bonds. The van der Waals surface area contributed by atoms with Gasteiger partial charge in [0.05, 0.1) is 46.6 Å². The topological polar surface area (TPSA) is 220 Å². The largest absolute Gasteiger partial charge is 1.00 e. The molecule has 21 heteroatoms. The SMILES string of the molecule is CN(C)C(=O)c1cn[nH]c1.CN(C)C(=O)c1cnn(CC(=O)[C@H]2CC[C@H]3[C@@H]4CC[C@@H]5C[C@](C)(O)CC[C@]5(F)[C@H]4CC[C@]23C)c1.C[C@@]1(O)CC[C@@]2(F)[C@H](CC[C@H]3[C@@H]4CC[C@H](C(=O)CBr)[C@@]4(C)CC[C@@H]32)C1.O=C(O[O-])C1CCCO1.[H-].[K+].[K+]. The summed E-state index contributed by atoms with van der Waals surface area (Å²) in [6, 6.07) is 0. The van der Waals surface area contributed by atoms with Crippen LogP contribution >= 0.6 is 15.9 Å². The molecule has 11 rings (SSSR count). The summed E-state index contributed by atoms with van der Waals surface area (Å²) in [7, 11) is 6.81. The number of nitrogens with zero attached hydrogens (tertiary/aromatic N) is 5. The average molecular weight is 1240 g/mol. The molecule has 16 nitrogen and oxygen atoms in total. The van der Waals surface area contributed by atoms with Gasteiger partial charge in [0.25, 0.3) is 11.8 Å². The van der Waals surface area contributed by atoms with E-state index in [1.807, 2.05) is 13.8 Å². The third kappa shape index (κ3) is 14.3. The van der Waals surface area contributed by atoms with Crippen LogP contribution in [0.5, 0.6) is 0 Å². The summed E-state index contributed by atoms with van der Waals surface area (Å²) in [5.74, 6) is 1.62.